The van der Waals surface area contributed by atoms with Gasteiger partial charge in [0.2, 0.25) is 0 Å². The maximum absolute atomic E-state index is 12.5. The van der Waals surface area contributed by atoms with Gasteiger partial charge in [0.1, 0.15) is 0 Å². The number of rotatable bonds is 6. The summed E-state index contributed by atoms with van der Waals surface area (Å²) in [6.07, 6.45) is 4.18. The van der Waals surface area contributed by atoms with Gasteiger partial charge in [0.15, 0.2) is 0 Å². The summed E-state index contributed by atoms with van der Waals surface area (Å²) in [6, 6.07) is 0.118. The molecule has 2 aliphatic rings. The van der Waals surface area contributed by atoms with E-state index in [9.17, 15) is 8.42 Å². The van der Waals surface area contributed by atoms with Crippen LogP contribution in [-0.4, -0.2) is 56.4 Å². The van der Waals surface area contributed by atoms with Gasteiger partial charge in [-0.05, 0) is 50.4 Å². The Hall–Kier alpha value is 0.180. The summed E-state index contributed by atoms with van der Waals surface area (Å²) in [7, 11) is -3.30. The molecule has 0 bridgehead atoms. The van der Waals surface area contributed by atoms with E-state index in [4.69, 9.17) is 0 Å². The average molecular weight is 322 g/mol. The van der Waals surface area contributed by atoms with Gasteiger partial charge in [-0.1, -0.05) is 6.92 Å². The van der Waals surface area contributed by atoms with Gasteiger partial charge in [0.25, 0.3) is 10.2 Å². The first-order chi connectivity index (χ1) is 9.62. The van der Waals surface area contributed by atoms with Crippen LogP contribution in [-0.2, 0) is 10.2 Å². The van der Waals surface area contributed by atoms with Gasteiger partial charge in [-0.15, -0.1) is 0 Å². The highest BCUT2D eigenvalue weighted by atomic mass is 32.2. The SMILES string of the molecule is CCNCC1CCCN(S(=O)(=O)NC2CCCSC2)C1. The molecule has 0 aliphatic carbocycles. The van der Waals surface area contributed by atoms with E-state index < -0.39 is 10.2 Å². The topological polar surface area (TPSA) is 61.4 Å². The number of hydrogen-bond acceptors (Lipinski definition) is 4. The molecule has 2 atom stereocenters. The minimum Gasteiger partial charge on any atom is -0.317 e. The molecule has 2 N–H and O–H groups in total. The van der Waals surface area contributed by atoms with E-state index in [1.165, 1.54) is 0 Å². The molecule has 118 valence electrons. The molecule has 2 unspecified atom stereocenters. The molecule has 0 aromatic rings. The minimum atomic E-state index is -3.30. The van der Waals surface area contributed by atoms with E-state index >= 15 is 0 Å². The molecule has 2 heterocycles. The molecular weight excluding hydrogens is 294 g/mol. The van der Waals surface area contributed by atoms with Crippen molar-refractivity contribution in [3.05, 3.63) is 0 Å². The second-order valence-corrected chi connectivity index (χ2v) is 8.56. The van der Waals surface area contributed by atoms with E-state index in [2.05, 4.69) is 17.0 Å². The van der Waals surface area contributed by atoms with Crippen LogP contribution in [0.2, 0.25) is 0 Å². The van der Waals surface area contributed by atoms with Crippen molar-refractivity contribution >= 4 is 22.0 Å². The number of nitrogens with zero attached hydrogens (tertiary/aromatic N) is 1. The third-order valence-corrected chi connectivity index (χ3v) is 6.84. The lowest BCUT2D eigenvalue weighted by atomic mass is 10.00. The first-order valence-corrected chi connectivity index (χ1v) is 10.3. The monoisotopic (exact) mass is 321 g/mol. The lowest BCUT2D eigenvalue weighted by molar-refractivity contribution is 0.257. The van der Waals surface area contributed by atoms with Crippen LogP contribution in [0.15, 0.2) is 0 Å². The molecule has 20 heavy (non-hydrogen) atoms. The molecular formula is C13H27N3O2S2. The molecule has 0 radical (unpaired) electrons. The van der Waals surface area contributed by atoms with Gasteiger partial charge in [-0.2, -0.15) is 29.2 Å². The molecule has 2 aliphatic heterocycles. The highest BCUT2D eigenvalue weighted by Gasteiger charge is 2.30. The Labute approximate surface area is 127 Å². The summed E-state index contributed by atoms with van der Waals surface area (Å²) >= 11 is 1.85. The van der Waals surface area contributed by atoms with Crippen LogP contribution in [0.4, 0.5) is 0 Å². The van der Waals surface area contributed by atoms with Gasteiger partial charge < -0.3 is 5.32 Å². The summed E-state index contributed by atoms with van der Waals surface area (Å²) in [5, 5.41) is 3.33. The summed E-state index contributed by atoms with van der Waals surface area (Å²) in [6.45, 7) is 5.27. The molecule has 2 saturated heterocycles. The van der Waals surface area contributed by atoms with Gasteiger partial charge in [0.05, 0.1) is 0 Å². The van der Waals surface area contributed by atoms with Crippen LogP contribution in [0.5, 0.6) is 0 Å². The fourth-order valence-electron chi connectivity index (χ4n) is 2.88. The fraction of sp³-hybridized carbons (Fsp3) is 1.00. The third-order valence-electron chi connectivity index (χ3n) is 3.98. The second kappa shape index (κ2) is 7.98. The second-order valence-electron chi connectivity index (χ2n) is 5.71. The molecule has 0 amide bonds. The lowest BCUT2D eigenvalue weighted by Crippen LogP contribution is -2.51. The Balaban J connectivity index is 1.87. The van der Waals surface area contributed by atoms with Gasteiger partial charge >= 0.3 is 0 Å². The highest BCUT2D eigenvalue weighted by molar-refractivity contribution is 7.99. The molecule has 0 aromatic carbocycles. The summed E-state index contributed by atoms with van der Waals surface area (Å²) in [5.41, 5.74) is 0. The average Bonchev–Trinajstić information content (AvgIpc) is 2.46. The molecule has 0 spiro atoms. The molecule has 2 rings (SSSR count). The van der Waals surface area contributed by atoms with Gasteiger partial charge in [-0.3, -0.25) is 0 Å². The molecule has 0 saturated carbocycles. The largest absolute Gasteiger partial charge is 0.317 e. The highest BCUT2D eigenvalue weighted by Crippen LogP contribution is 2.21. The molecule has 0 aromatic heterocycles. The fourth-order valence-corrected chi connectivity index (χ4v) is 5.60. The van der Waals surface area contributed by atoms with E-state index in [0.717, 1.165) is 50.3 Å². The number of hydrogen-bond donors (Lipinski definition) is 2. The van der Waals surface area contributed by atoms with E-state index in [-0.39, 0.29) is 6.04 Å². The van der Waals surface area contributed by atoms with Crippen LogP contribution in [0.25, 0.3) is 0 Å². The Morgan fingerprint density at radius 3 is 2.85 bits per heavy atom. The smallest absolute Gasteiger partial charge is 0.279 e. The molecule has 7 heteroatoms. The van der Waals surface area contributed by atoms with E-state index in [1.54, 1.807) is 4.31 Å². The Kier molecular flexibility index (Phi) is 6.61. The van der Waals surface area contributed by atoms with Gasteiger partial charge in [0, 0.05) is 24.9 Å². The lowest BCUT2D eigenvalue weighted by Gasteiger charge is -2.33. The van der Waals surface area contributed by atoms with Crippen molar-refractivity contribution in [2.24, 2.45) is 5.92 Å². The van der Waals surface area contributed by atoms with Crippen LogP contribution >= 0.6 is 11.8 Å². The number of piperidine rings is 1. The van der Waals surface area contributed by atoms with E-state index in [1.807, 2.05) is 11.8 Å². The van der Waals surface area contributed by atoms with Crippen molar-refractivity contribution in [2.75, 3.05) is 37.7 Å². The maximum atomic E-state index is 12.5. The Morgan fingerprint density at radius 2 is 2.15 bits per heavy atom. The Morgan fingerprint density at radius 1 is 1.30 bits per heavy atom. The zero-order chi connectivity index (χ0) is 14.4. The number of nitrogens with one attached hydrogen (secondary N) is 2. The van der Waals surface area contributed by atoms with Crippen LogP contribution in [0.3, 0.4) is 0 Å². The maximum Gasteiger partial charge on any atom is 0.279 e. The third kappa shape index (κ3) is 4.87. The van der Waals surface area contributed by atoms with E-state index in [0.29, 0.717) is 19.0 Å². The van der Waals surface area contributed by atoms with Crippen LogP contribution in [0, 0.1) is 5.92 Å². The Bertz CT molecular complexity index is 383. The van der Waals surface area contributed by atoms with Crippen LogP contribution < -0.4 is 10.0 Å². The predicted molar refractivity (Wildman–Crippen MR) is 85.2 cm³/mol. The number of thioether (sulfide) groups is 1. The first-order valence-electron chi connectivity index (χ1n) is 7.67. The summed E-state index contributed by atoms with van der Waals surface area (Å²) in [4.78, 5) is 0. The van der Waals surface area contributed by atoms with Crippen molar-refractivity contribution in [3.63, 3.8) is 0 Å². The quantitative estimate of drug-likeness (QED) is 0.767. The van der Waals surface area contributed by atoms with Gasteiger partial charge in [-0.25, -0.2) is 0 Å². The standard InChI is InChI=1S/C13H27N3O2S2/c1-2-14-9-12-5-3-7-16(10-12)20(17,18)15-13-6-4-8-19-11-13/h12-15H,2-11H2,1H3. The zero-order valence-electron chi connectivity index (χ0n) is 12.3. The van der Waals surface area contributed by atoms with Crippen molar-refractivity contribution < 1.29 is 8.42 Å². The normalized spacial score (nSPS) is 29.4. The van der Waals surface area contributed by atoms with Crippen molar-refractivity contribution in [3.8, 4) is 0 Å². The van der Waals surface area contributed by atoms with Crippen molar-refractivity contribution in [1.82, 2.24) is 14.3 Å². The zero-order valence-corrected chi connectivity index (χ0v) is 13.9. The molecule has 5 nitrogen and oxygen atoms in total. The van der Waals surface area contributed by atoms with Crippen molar-refractivity contribution in [2.45, 2.75) is 38.6 Å². The molecule has 2 fully saturated rings. The van der Waals surface area contributed by atoms with Crippen molar-refractivity contribution in [1.29, 1.82) is 0 Å². The summed E-state index contributed by atoms with van der Waals surface area (Å²) in [5.74, 6) is 2.52. The predicted octanol–water partition coefficient (Wildman–Crippen LogP) is 1.04. The summed E-state index contributed by atoms with van der Waals surface area (Å²) < 4.78 is 29.5. The van der Waals surface area contributed by atoms with Crippen LogP contribution in [0.1, 0.15) is 32.6 Å². The first kappa shape index (κ1) is 16.5. The minimum absolute atomic E-state index is 0.118.